The fraction of sp³-hybridized carbons (Fsp3) is 0.350. The summed E-state index contributed by atoms with van der Waals surface area (Å²) in [6.45, 7) is 0.680. The number of para-hydroxylation sites is 1. The number of carbonyl (C=O) groups is 1. The molecule has 1 saturated carbocycles. The molecule has 1 fully saturated rings. The van der Waals surface area contributed by atoms with E-state index in [0.29, 0.717) is 18.4 Å². The normalized spacial score (nSPS) is 23.8. The number of hydrogen-bond acceptors (Lipinski definition) is 1. The van der Waals surface area contributed by atoms with E-state index in [1.54, 1.807) is 0 Å². The minimum Gasteiger partial charge on any atom is -0.307 e. The van der Waals surface area contributed by atoms with Gasteiger partial charge in [0.15, 0.2) is 0 Å². The van der Waals surface area contributed by atoms with Crippen molar-refractivity contribution in [3.05, 3.63) is 65.7 Å². The fourth-order valence-corrected chi connectivity index (χ4v) is 4.09. The SMILES string of the molecule is O=C1[C@@H]2CCCC[C@H]2c2ccccc2N1Cc1ccccc1. The van der Waals surface area contributed by atoms with E-state index in [9.17, 15) is 4.79 Å². The van der Waals surface area contributed by atoms with Crippen molar-refractivity contribution in [2.24, 2.45) is 5.92 Å². The third-order valence-electron chi connectivity index (χ3n) is 5.16. The molecule has 1 aliphatic heterocycles. The lowest BCUT2D eigenvalue weighted by atomic mass is 9.72. The van der Waals surface area contributed by atoms with Gasteiger partial charge in [-0.25, -0.2) is 0 Å². The molecule has 0 N–H and O–H groups in total. The second-order valence-corrected chi connectivity index (χ2v) is 6.47. The van der Waals surface area contributed by atoms with Crippen LogP contribution in [0.3, 0.4) is 0 Å². The number of fused-ring (bicyclic) bond motifs is 3. The highest BCUT2D eigenvalue weighted by atomic mass is 16.2. The van der Waals surface area contributed by atoms with Crippen molar-refractivity contribution in [2.45, 2.75) is 38.1 Å². The molecule has 1 aliphatic carbocycles. The van der Waals surface area contributed by atoms with Gasteiger partial charge in [-0.2, -0.15) is 0 Å². The van der Waals surface area contributed by atoms with Crippen LogP contribution in [0.5, 0.6) is 0 Å². The highest BCUT2D eigenvalue weighted by Crippen LogP contribution is 2.46. The van der Waals surface area contributed by atoms with E-state index < -0.39 is 0 Å². The van der Waals surface area contributed by atoms with Crippen molar-refractivity contribution < 1.29 is 4.79 Å². The van der Waals surface area contributed by atoms with Gasteiger partial charge < -0.3 is 4.90 Å². The van der Waals surface area contributed by atoms with E-state index >= 15 is 0 Å². The van der Waals surface area contributed by atoms with Crippen LogP contribution in [-0.4, -0.2) is 5.91 Å². The van der Waals surface area contributed by atoms with Gasteiger partial charge in [-0.3, -0.25) is 4.79 Å². The minimum atomic E-state index is 0.187. The monoisotopic (exact) mass is 291 g/mol. The number of benzene rings is 2. The zero-order chi connectivity index (χ0) is 14.9. The highest BCUT2D eigenvalue weighted by Gasteiger charge is 2.40. The third-order valence-corrected chi connectivity index (χ3v) is 5.16. The first-order valence-electron chi connectivity index (χ1n) is 8.29. The van der Waals surface area contributed by atoms with Crippen LogP contribution in [0.25, 0.3) is 0 Å². The van der Waals surface area contributed by atoms with E-state index in [2.05, 4.69) is 30.3 Å². The van der Waals surface area contributed by atoms with E-state index in [0.717, 1.165) is 18.5 Å². The molecule has 0 aromatic heterocycles. The highest BCUT2D eigenvalue weighted by molar-refractivity contribution is 5.99. The zero-order valence-corrected chi connectivity index (χ0v) is 12.7. The van der Waals surface area contributed by atoms with E-state index in [1.165, 1.54) is 24.0 Å². The summed E-state index contributed by atoms with van der Waals surface area (Å²) in [4.78, 5) is 15.1. The predicted octanol–water partition coefficient (Wildman–Crippen LogP) is 4.51. The second kappa shape index (κ2) is 5.60. The molecule has 0 radical (unpaired) electrons. The Morgan fingerprint density at radius 3 is 2.36 bits per heavy atom. The minimum absolute atomic E-state index is 0.187. The topological polar surface area (TPSA) is 20.3 Å². The average molecular weight is 291 g/mol. The van der Waals surface area contributed by atoms with Crippen LogP contribution in [0.1, 0.15) is 42.7 Å². The number of rotatable bonds is 2. The van der Waals surface area contributed by atoms with E-state index in [-0.39, 0.29) is 5.92 Å². The molecule has 2 aromatic carbocycles. The fourth-order valence-electron chi connectivity index (χ4n) is 4.09. The van der Waals surface area contributed by atoms with Gasteiger partial charge in [-0.05, 0) is 36.0 Å². The van der Waals surface area contributed by atoms with Gasteiger partial charge in [-0.15, -0.1) is 0 Å². The summed E-state index contributed by atoms with van der Waals surface area (Å²) in [5.74, 6) is 0.948. The summed E-state index contributed by atoms with van der Waals surface area (Å²) in [7, 11) is 0. The lowest BCUT2D eigenvalue weighted by molar-refractivity contribution is -0.124. The molecule has 2 nitrogen and oxygen atoms in total. The maximum atomic E-state index is 13.1. The molecule has 2 aliphatic rings. The number of hydrogen-bond donors (Lipinski definition) is 0. The molecule has 1 heterocycles. The number of anilines is 1. The Morgan fingerprint density at radius 2 is 1.55 bits per heavy atom. The van der Waals surface area contributed by atoms with Gasteiger partial charge in [0.05, 0.1) is 6.54 Å². The molecule has 2 heteroatoms. The zero-order valence-electron chi connectivity index (χ0n) is 12.7. The molecule has 1 amide bonds. The first kappa shape index (κ1) is 13.6. The van der Waals surface area contributed by atoms with Crippen LogP contribution in [-0.2, 0) is 11.3 Å². The van der Waals surface area contributed by atoms with Gasteiger partial charge in [0.25, 0.3) is 0 Å². The summed E-state index contributed by atoms with van der Waals surface area (Å²) in [6.07, 6.45) is 4.64. The number of amides is 1. The Balaban J connectivity index is 1.75. The molecule has 0 saturated heterocycles. The van der Waals surface area contributed by atoms with E-state index in [4.69, 9.17) is 0 Å². The van der Waals surface area contributed by atoms with Crippen molar-refractivity contribution in [1.82, 2.24) is 0 Å². The van der Waals surface area contributed by atoms with Crippen molar-refractivity contribution >= 4 is 11.6 Å². The van der Waals surface area contributed by atoms with Crippen LogP contribution in [0.15, 0.2) is 54.6 Å². The molecule has 112 valence electrons. The molecule has 0 bridgehead atoms. The summed E-state index contributed by atoms with van der Waals surface area (Å²) in [5.41, 5.74) is 3.70. The van der Waals surface area contributed by atoms with Crippen molar-refractivity contribution in [3.63, 3.8) is 0 Å². The molecular weight excluding hydrogens is 270 g/mol. The van der Waals surface area contributed by atoms with Gasteiger partial charge in [0, 0.05) is 11.6 Å². The Morgan fingerprint density at radius 1 is 0.864 bits per heavy atom. The maximum Gasteiger partial charge on any atom is 0.231 e. The second-order valence-electron chi connectivity index (χ2n) is 6.47. The van der Waals surface area contributed by atoms with Crippen LogP contribution < -0.4 is 4.90 Å². The lowest BCUT2D eigenvalue weighted by Gasteiger charge is -2.41. The molecule has 2 atom stereocenters. The standard InChI is InChI=1S/C20H21NO/c22-20-18-12-5-4-10-16(18)17-11-6-7-13-19(17)21(20)14-15-8-2-1-3-9-15/h1-3,6-9,11,13,16,18H,4-5,10,12,14H2/t16-,18+/m0/s1. The molecular formula is C20H21NO. The quantitative estimate of drug-likeness (QED) is 0.797. The Hall–Kier alpha value is -2.09. The van der Waals surface area contributed by atoms with E-state index in [1.807, 2.05) is 29.2 Å². The summed E-state index contributed by atoms with van der Waals surface area (Å²) >= 11 is 0. The largest absolute Gasteiger partial charge is 0.307 e. The van der Waals surface area contributed by atoms with Crippen molar-refractivity contribution in [2.75, 3.05) is 4.90 Å². The molecule has 0 spiro atoms. The number of nitrogens with zero attached hydrogens (tertiary/aromatic N) is 1. The summed E-state index contributed by atoms with van der Waals surface area (Å²) in [5, 5.41) is 0. The maximum absolute atomic E-state index is 13.1. The Labute approximate surface area is 131 Å². The molecule has 0 unspecified atom stereocenters. The molecule has 22 heavy (non-hydrogen) atoms. The number of carbonyl (C=O) groups excluding carboxylic acids is 1. The van der Waals surface area contributed by atoms with Crippen LogP contribution in [0.4, 0.5) is 5.69 Å². The lowest BCUT2D eigenvalue weighted by Crippen LogP contribution is -2.44. The van der Waals surface area contributed by atoms with Gasteiger partial charge in [-0.1, -0.05) is 61.4 Å². The van der Waals surface area contributed by atoms with Crippen LogP contribution >= 0.6 is 0 Å². The van der Waals surface area contributed by atoms with Gasteiger partial charge in [0.2, 0.25) is 5.91 Å². The Bertz CT molecular complexity index is 679. The Kier molecular flexibility index (Phi) is 3.45. The third kappa shape index (κ3) is 2.23. The van der Waals surface area contributed by atoms with Gasteiger partial charge >= 0.3 is 0 Å². The molecule has 4 rings (SSSR count). The van der Waals surface area contributed by atoms with Crippen LogP contribution in [0, 0.1) is 5.92 Å². The average Bonchev–Trinajstić information content (AvgIpc) is 2.59. The van der Waals surface area contributed by atoms with Gasteiger partial charge in [0.1, 0.15) is 0 Å². The predicted molar refractivity (Wildman–Crippen MR) is 88.8 cm³/mol. The van der Waals surface area contributed by atoms with Crippen molar-refractivity contribution in [3.8, 4) is 0 Å². The summed E-state index contributed by atoms with van der Waals surface area (Å²) < 4.78 is 0. The summed E-state index contributed by atoms with van der Waals surface area (Å²) in [6, 6.07) is 18.8. The van der Waals surface area contributed by atoms with Crippen LogP contribution in [0.2, 0.25) is 0 Å². The first-order valence-corrected chi connectivity index (χ1v) is 8.29. The van der Waals surface area contributed by atoms with Crippen molar-refractivity contribution in [1.29, 1.82) is 0 Å². The smallest absolute Gasteiger partial charge is 0.231 e. The molecule has 2 aromatic rings. The first-order chi connectivity index (χ1) is 10.8.